The van der Waals surface area contributed by atoms with E-state index in [9.17, 15) is 4.39 Å². The Morgan fingerprint density at radius 1 is 1.20 bits per heavy atom. The molecule has 0 aliphatic carbocycles. The predicted molar refractivity (Wildman–Crippen MR) is 78.4 cm³/mol. The first-order valence-corrected chi connectivity index (χ1v) is 6.63. The van der Waals surface area contributed by atoms with Crippen molar-refractivity contribution in [1.29, 1.82) is 0 Å². The van der Waals surface area contributed by atoms with E-state index in [4.69, 9.17) is 21.8 Å². The predicted octanol–water partition coefficient (Wildman–Crippen LogP) is 4.58. The van der Waals surface area contributed by atoms with Crippen molar-refractivity contribution in [2.45, 2.75) is 13.0 Å². The van der Waals surface area contributed by atoms with Gasteiger partial charge in [0.05, 0.1) is 6.04 Å². The minimum atomic E-state index is -0.654. The van der Waals surface area contributed by atoms with Gasteiger partial charge in [-0.3, -0.25) is 0 Å². The quantitative estimate of drug-likeness (QED) is 0.750. The van der Waals surface area contributed by atoms with Crippen molar-refractivity contribution < 1.29 is 8.81 Å². The van der Waals surface area contributed by atoms with Crippen LogP contribution in [0.3, 0.4) is 0 Å². The highest BCUT2D eigenvalue weighted by molar-refractivity contribution is 6.30. The summed E-state index contributed by atoms with van der Waals surface area (Å²) in [4.78, 5) is 0. The first kappa shape index (κ1) is 13.2. The number of aryl methyl sites for hydroxylation is 1. The Morgan fingerprint density at radius 3 is 2.70 bits per heavy atom. The zero-order valence-electron chi connectivity index (χ0n) is 10.9. The summed E-state index contributed by atoms with van der Waals surface area (Å²) in [7, 11) is 0. The van der Waals surface area contributed by atoms with E-state index in [0.717, 1.165) is 16.5 Å². The summed E-state index contributed by atoms with van der Waals surface area (Å²) in [5.74, 6) is 0.109. The van der Waals surface area contributed by atoms with Gasteiger partial charge in [0.15, 0.2) is 0 Å². The molecule has 3 aromatic rings. The lowest BCUT2D eigenvalue weighted by Crippen LogP contribution is -2.12. The minimum absolute atomic E-state index is 0.346. The molecule has 2 nitrogen and oxygen atoms in total. The lowest BCUT2D eigenvalue weighted by Gasteiger charge is -2.10. The fraction of sp³-hybridized carbons (Fsp3) is 0.125. The fourth-order valence-electron chi connectivity index (χ4n) is 2.29. The SMILES string of the molecule is Cc1cccc2cc(C(N)c3ccc(Cl)cc3F)oc12. The van der Waals surface area contributed by atoms with Gasteiger partial charge in [-0.15, -0.1) is 0 Å². The van der Waals surface area contributed by atoms with Gasteiger partial charge in [-0.1, -0.05) is 35.9 Å². The highest BCUT2D eigenvalue weighted by Gasteiger charge is 2.18. The molecule has 2 N–H and O–H groups in total. The van der Waals surface area contributed by atoms with Crippen LogP contribution in [0.2, 0.25) is 5.02 Å². The van der Waals surface area contributed by atoms with Crippen molar-refractivity contribution in [1.82, 2.24) is 0 Å². The minimum Gasteiger partial charge on any atom is -0.459 e. The number of halogens is 2. The molecule has 2 aromatic carbocycles. The topological polar surface area (TPSA) is 39.2 Å². The van der Waals surface area contributed by atoms with Gasteiger partial charge in [0, 0.05) is 16.0 Å². The molecule has 0 fully saturated rings. The highest BCUT2D eigenvalue weighted by Crippen LogP contribution is 2.30. The molecule has 1 aromatic heterocycles. The third kappa shape index (κ3) is 2.19. The Kier molecular flexibility index (Phi) is 3.24. The van der Waals surface area contributed by atoms with Crippen LogP contribution in [0.5, 0.6) is 0 Å². The van der Waals surface area contributed by atoms with E-state index < -0.39 is 11.9 Å². The van der Waals surface area contributed by atoms with Gasteiger partial charge in [0.2, 0.25) is 0 Å². The Morgan fingerprint density at radius 2 is 2.00 bits per heavy atom. The van der Waals surface area contributed by atoms with Crippen LogP contribution < -0.4 is 5.73 Å². The van der Waals surface area contributed by atoms with Gasteiger partial charge < -0.3 is 10.2 Å². The monoisotopic (exact) mass is 289 g/mol. The first-order valence-electron chi connectivity index (χ1n) is 6.26. The molecule has 1 heterocycles. The van der Waals surface area contributed by atoms with Crippen molar-refractivity contribution in [3.8, 4) is 0 Å². The van der Waals surface area contributed by atoms with Crippen LogP contribution in [-0.2, 0) is 0 Å². The van der Waals surface area contributed by atoms with E-state index in [1.807, 2.05) is 31.2 Å². The van der Waals surface area contributed by atoms with E-state index >= 15 is 0 Å². The fourth-order valence-corrected chi connectivity index (χ4v) is 2.45. The normalized spacial score (nSPS) is 12.8. The third-order valence-electron chi connectivity index (χ3n) is 3.36. The Hall–Kier alpha value is -1.84. The second-order valence-corrected chi connectivity index (χ2v) is 5.22. The molecular weight excluding hydrogens is 277 g/mol. The van der Waals surface area contributed by atoms with Crippen molar-refractivity contribution in [3.63, 3.8) is 0 Å². The Labute approximate surface area is 121 Å². The summed E-state index contributed by atoms with van der Waals surface area (Å²) in [6.45, 7) is 1.96. The van der Waals surface area contributed by atoms with Crippen molar-refractivity contribution in [3.05, 3.63) is 70.2 Å². The second-order valence-electron chi connectivity index (χ2n) is 4.79. The number of rotatable bonds is 2. The van der Waals surface area contributed by atoms with Gasteiger partial charge in [-0.25, -0.2) is 4.39 Å². The zero-order valence-corrected chi connectivity index (χ0v) is 11.6. The molecule has 0 saturated heterocycles. The number of hydrogen-bond acceptors (Lipinski definition) is 2. The molecule has 3 rings (SSSR count). The number of fused-ring (bicyclic) bond motifs is 1. The first-order chi connectivity index (χ1) is 9.56. The van der Waals surface area contributed by atoms with Gasteiger partial charge >= 0.3 is 0 Å². The molecule has 0 spiro atoms. The van der Waals surface area contributed by atoms with Crippen LogP contribution in [0, 0.1) is 12.7 Å². The number of nitrogens with two attached hydrogens (primary N) is 1. The van der Waals surface area contributed by atoms with E-state index in [-0.39, 0.29) is 0 Å². The Balaban J connectivity index is 2.08. The van der Waals surface area contributed by atoms with Crippen LogP contribution in [0.4, 0.5) is 4.39 Å². The van der Waals surface area contributed by atoms with Crippen LogP contribution >= 0.6 is 11.6 Å². The molecule has 0 amide bonds. The third-order valence-corrected chi connectivity index (χ3v) is 3.60. The van der Waals surface area contributed by atoms with Gasteiger partial charge in [0.1, 0.15) is 17.2 Å². The van der Waals surface area contributed by atoms with Crippen LogP contribution in [0.25, 0.3) is 11.0 Å². The molecule has 0 radical (unpaired) electrons. The second kappa shape index (κ2) is 4.93. The van der Waals surface area contributed by atoms with Crippen LogP contribution in [0.1, 0.15) is 22.9 Å². The average Bonchev–Trinajstić information content (AvgIpc) is 2.83. The van der Waals surface area contributed by atoms with E-state index in [1.165, 1.54) is 6.07 Å². The molecular formula is C16H13ClFNO. The molecule has 0 aliphatic rings. The molecule has 4 heteroatoms. The average molecular weight is 290 g/mol. The van der Waals surface area contributed by atoms with E-state index in [2.05, 4.69) is 0 Å². The molecule has 0 bridgehead atoms. The van der Waals surface area contributed by atoms with Crippen LogP contribution in [0.15, 0.2) is 46.9 Å². The summed E-state index contributed by atoms with van der Waals surface area (Å²) >= 11 is 5.75. The zero-order chi connectivity index (χ0) is 14.3. The molecule has 1 unspecified atom stereocenters. The molecule has 1 atom stereocenters. The maximum Gasteiger partial charge on any atom is 0.137 e. The van der Waals surface area contributed by atoms with Crippen molar-refractivity contribution >= 4 is 22.6 Å². The summed E-state index contributed by atoms with van der Waals surface area (Å²) in [5, 5.41) is 1.31. The van der Waals surface area contributed by atoms with Crippen LogP contribution in [-0.4, -0.2) is 0 Å². The van der Waals surface area contributed by atoms with Gasteiger partial charge in [-0.05, 0) is 30.7 Å². The number of furan rings is 1. The smallest absolute Gasteiger partial charge is 0.137 e. The summed E-state index contributed by atoms with van der Waals surface area (Å²) in [5.41, 5.74) is 8.28. The largest absolute Gasteiger partial charge is 0.459 e. The summed E-state index contributed by atoms with van der Waals surface area (Å²) < 4.78 is 19.7. The highest BCUT2D eigenvalue weighted by atomic mass is 35.5. The van der Waals surface area contributed by atoms with E-state index in [0.29, 0.717) is 16.3 Å². The molecule has 102 valence electrons. The van der Waals surface area contributed by atoms with Crippen molar-refractivity contribution in [2.75, 3.05) is 0 Å². The standard InChI is InChI=1S/C16H13ClFNO/c1-9-3-2-4-10-7-14(20-16(9)10)15(19)12-6-5-11(17)8-13(12)18/h2-8,15H,19H2,1H3. The summed E-state index contributed by atoms with van der Waals surface area (Å²) in [6, 6.07) is 11.5. The van der Waals surface area contributed by atoms with Gasteiger partial charge in [-0.2, -0.15) is 0 Å². The molecule has 0 aliphatic heterocycles. The lowest BCUT2D eigenvalue weighted by atomic mass is 10.0. The maximum absolute atomic E-state index is 13.9. The maximum atomic E-state index is 13.9. The Bertz CT molecular complexity index is 781. The number of para-hydroxylation sites is 1. The summed E-state index contributed by atoms with van der Waals surface area (Å²) in [6.07, 6.45) is 0. The lowest BCUT2D eigenvalue weighted by molar-refractivity contribution is 0.509. The van der Waals surface area contributed by atoms with Crippen molar-refractivity contribution in [2.24, 2.45) is 5.73 Å². The molecule has 0 saturated carbocycles. The van der Waals surface area contributed by atoms with Gasteiger partial charge in [0.25, 0.3) is 0 Å². The van der Waals surface area contributed by atoms with E-state index in [1.54, 1.807) is 12.1 Å². The molecule has 20 heavy (non-hydrogen) atoms. The number of hydrogen-bond donors (Lipinski definition) is 1. The number of benzene rings is 2.